The van der Waals surface area contributed by atoms with Gasteiger partial charge < -0.3 is 9.67 Å². The zero-order valence-corrected chi connectivity index (χ0v) is 12.7. The molecule has 1 heterocycles. The van der Waals surface area contributed by atoms with Gasteiger partial charge in [0.2, 0.25) is 10.0 Å². The van der Waals surface area contributed by atoms with E-state index in [9.17, 15) is 22.8 Å². The first-order valence-corrected chi connectivity index (χ1v) is 7.59. The van der Waals surface area contributed by atoms with Crippen molar-refractivity contribution in [2.24, 2.45) is 14.1 Å². The SMILES string of the molecule is CCC(CC(=O)O)NS(=O)(=O)c1cn(C)c(=O)n(C)c1=O. The number of aryl methyl sites for hydroxylation is 1. The number of carboxylic acid groups (broad SMARTS) is 1. The average molecular weight is 319 g/mol. The number of aromatic nitrogens is 2. The first-order valence-electron chi connectivity index (χ1n) is 6.11. The molecule has 10 heteroatoms. The highest BCUT2D eigenvalue weighted by atomic mass is 32.2. The molecule has 1 unspecified atom stereocenters. The number of nitrogens with one attached hydrogen (secondary N) is 1. The third-order valence-electron chi connectivity index (χ3n) is 2.94. The van der Waals surface area contributed by atoms with Crippen LogP contribution in [-0.4, -0.2) is 34.7 Å². The molecule has 0 fully saturated rings. The summed E-state index contributed by atoms with van der Waals surface area (Å²) in [5.74, 6) is -1.15. The second-order valence-electron chi connectivity index (χ2n) is 4.58. The summed E-state index contributed by atoms with van der Waals surface area (Å²) in [6.45, 7) is 1.62. The Labute approximate surface area is 120 Å². The second-order valence-corrected chi connectivity index (χ2v) is 6.26. The molecule has 1 rings (SSSR count). The first kappa shape index (κ1) is 17.1. The molecule has 0 aliphatic rings. The standard InChI is InChI=1S/C11H17N3O6S/c1-4-7(5-9(15)16)12-21(19,20)8-6-13(2)11(18)14(3)10(8)17/h6-7,12H,4-5H2,1-3H3,(H,15,16). The molecule has 118 valence electrons. The lowest BCUT2D eigenvalue weighted by atomic mass is 10.2. The molecule has 2 N–H and O–H groups in total. The summed E-state index contributed by atoms with van der Waals surface area (Å²) in [5.41, 5.74) is -1.62. The van der Waals surface area contributed by atoms with Crippen molar-refractivity contribution in [1.29, 1.82) is 0 Å². The van der Waals surface area contributed by atoms with Crippen molar-refractivity contribution in [2.75, 3.05) is 0 Å². The van der Waals surface area contributed by atoms with Gasteiger partial charge in [-0.1, -0.05) is 6.92 Å². The van der Waals surface area contributed by atoms with E-state index in [2.05, 4.69) is 4.72 Å². The molecule has 0 bridgehead atoms. The van der Waals surface area contributed by atoms with Crippen LogP contribution in [0.25, 0.3) is 0 Å². The molecule has 9 nitrogen and oxygen atoms in total. The molecular formula is C11H17N3O6S. The fraction of sp³-hybridized carbons (Fsp3) is 0.545. The minimum Gasteiger partial charge on any atom is -0.481 e. The smallest absolute Gasteiger partial charge is 0.330 e. The highest BCUT2D eigenvalue weighted by Crippen LogP contribution is 2.06. The minimum absolute atomic E-state index is 0.248. The number of sulfonamides is 1. The fourth-order valence-corrected chi connectivity index (χ4v) is 3.20. The summed E-state index contributed by atoms with van der Waals surface area (Å²) < 4.78 is 28.2. The zero-order valence-electron chi connectivity index (χ0n) is 11.9. The molecule has 21 heavy (non-hydrogen) atoms. The van der Waals surface area contributed by atoms with Crippen molar-refractivity contribution in [2.45, 2.75) is 30.7 Å². The number of nitrogens with zero attached hydrogens (tertiary/aromatic N) is 2. The highest BCUT2D eigenvalue weighted by Gasteiger charge is 2.25. The lowest BCUT2D eigenvalue weighted by Crippen LogP contribution is -2.43. The Morgan fingerprint density at radius 1 is 1.38 bits per heavy atom. The molecule has 1 aromatic rings. The normalized spacial score (nSPS) is 13.1. The van der Waals surface area contributed by atoms with Crippen molar-refractivity contribution in [3.63, 3.8) is 0 Å². The van der Waals surface area contributed by atoms with Gasteiger partial charge in [0.05, 0.1) is 6.42 Å². The predicted octanol–water partition coefficient (Wildman–Crippen LogP) is -1.38. The van der Waals surface area contributed by atoms with Crippen molar-refractivity contribution >= 4 is 16.0 Å². The molecule has 1 atom stereocenters. The van der Waals surface area contributed by atoms with Gasteiger partial charge in [0.25, 0.3) is 5.56 Å². The van der Waals surface area contributed by atoms with E-state index in [1.807, 2.05) is 0 Å². The number of carbonyl (C=O) groups is 1. The van der Waals surface area contributed by atoms with E-state index in [0.717, 1.165) is 17.8 Å². The van der Waals surface area contributed by atoms with E-state index in [4.69, 9.17) is 5.11 Å². The number of carboxylic acids is 1. The average Bonchev–Trinajstić information content (AvgIpc) is 2.38. The monoisotopic (exact) mass is 319 g/mol. The summed E-state index contributed by atoms with van der Waals surface area (Å²) in [4.78, 5) is 33.5. The van der Waals surface area contributed by atoms with Crippen molar-refractivity contribution in [3.05, 3.63) is 27.0 Å². The molecule has 0 aliphatic carbocycles. The molecule has 0 saturated carbocycles. The Morgan fingerprint density at radius 2 is 1.95 bits per heavy atom. The van der Waals surface area contributed by atoms with E-state index in [1.165, 1.54) is 7.05 Å². The molecule has 0 aliphatic heterocycles. The molecule has 0 radical (unpaired) electrons. The Kier molecular flexibility index (Phi) is 5.07. The fourth-order valence-electron chi connectivity index (χ4n) is 1.72. The highest BCUT2D eigenvalue weighted by molar-refractivity contribution is 7.89. The molecular weight excluding hydrogens is 302 g/mol. The van der Waals surface area contributed by atoms with Crippen LogP contribution < -0.4 is 16.0 Å². The molecule has 0 aromatic carbocycles. The maximum absolute atomic E-state index is 12.2. The molecule has 0 amide bonds. The van der Waals surface area contributed by atoms with Crippen LogP contribution in [0.2, 0.25) is 0 Å². The van der Waals surface area contributed by atoms with Gasteiger partial charge in [-0.15, -0.1) is 0 Å². The van der Waals surface area contributed by atoms with Crippen LogP contribution in [0, 0.1) is 0 Å². The van der Waals surface area contributed by atoms with E-state index in [-0.39, 0.29) is 6.42 Å². The van der Waals surface area contributed by atoms with Crippen molar-refractivity contribution in [1.82, 2.24) is 13.9 Å². The summed E-state index contributed by atoms with van der Waals surface area (Å²) in [7, 11) is -1.74. The number of aliphatic carboxylic acids is 1. The minimum atomic E-state index is -4.22. The summed E-state index contributed by atoms with van der Waals surface area (Å²) in [5, 5.41) is 8.72. The predicted molar refractivity (Wildman–Crippen MR) is 73.6 cm³/mol. The van der Waals surface area contributed by atoms with Crippen LogP contribution >= 0.6 is 0 Å². The van der Waals surface area contributed by atoms with Crippen molar-refractivity contribution in [3.8, 4) is 0 Å². The van der Waals surface area contributed by atoms with Gasteiger partial charge in [-0.25, -0.2) is 17.9 Å². The van der Waals surface area contributed by atoms with Crippen LogP contribution in [-0.2, 0) is 28.9 Å². The number of rotatable bonds is 6. The molecule has 0 saturated heterocycles. The summed E-state index contributed by atoms with van der Waals surface area (Å²) in [6, 6.07) is -0.838. The topological polar surface area (TPSA) is 127 Å². The zero-order chi connectivity index (χ0) is 16.4. The molecule has 1 aromatic heterocycles. The summed E-state index contributed by atoms with van der Waals surface area (Å²) >= 11 is 0. The van der Waals surface area contributed by atoms with Gasteiger partial charge in [-0.2, -0.15) is 0 Å². The quantitative estimate of drug-likeness (QED) is 0.665. The van der Waals surface area contributed by atoms with Gasteiger partial charge in [0.1, 0.15) is 0 Å². The van der Waals surface area contributed by atoms with Crippen molar-refractivity contribution < 1.29 is 18.3 Å². The third kappa shape index (κ3) is 3.79. The lowest BCUT2D eigenvalue weighted by molar-refractivity contribution is -0.137. The van der Waals surface area contributed by atoms with E-state index < -0.39 is 44.6 Å². The van der Waals surface area contributed by atoms with Crippen LogP contribution in [0.4, 0.5) is 0 Å². The van der Waals surface area contributed by atoms with Crippen LogP contribution in [0.1, 0.15) is 19.8 Å². The lowest BCUT2D eigenvalue weighted by Gasteiger charge is -2.15. The Hall–Kier alpha value is -1.94. The van der Waals surface area contributed by atoms with E-state index >= 15 is 0 Å². The Balaban J connectivity index is 3.29. The van der Waals surface area contributed by atoms with E-state index in [0.29, 0.717) is 4.57 Å². The second kappa shape index (κ2) is 6.22. The molecule has 0 spiro atoms. The van der Waals surface area contributed by atoms with Crippen LogP contribution in [0.15, 0.2) is 20.7 Å². The van der Waals surface area contributed by atoms with Gasteiger partial charge in [0.15, 0.2) is 4.90 Å². The Morgan fingerprint density at radius 3 is 2.43 bits per heavy atom. The van der Waals surface area contributed by atoms with Gasteiger partial charge in [-0.05, 0) is 6.42 Å². The summed E-state index contributed by atoms with van der Waals surface area (Å²) in [6.07, 6.45) is 0.764. The van der Waals surface area contributed by atoms with Crippen LogP contribution in [0.5, 0.6) is 0 Å². The van der Waals surface area contributed by atoms with E-state index in [1.54, 1.807) is 6.92 Å². The number of hydrogen-bond donors (Lipinski definition) is 2. The van der Waals surface area contributed by atoms with Crippen LogP contribution in [0.3, 0.4) is 0 Å². The first-order chi connectivity index (χ1) is 9.60. The van der Waals surface area contributed by atoms with Gasteiger partial charge >= 0.3 is 11.7 Å². The Bertz CT molecular complexity index is 761. The van der Waals surface area contributed by atoms with Gasteiger partial charge in [-0.3, -0.25) is 14.2 Å². The third-order valence-corrected chi connectivity index (χ3v) is 4.44. The largest absolute Gasteiger partial charge is 0.481 e. The maximum atomic E-state index is 12.2. The van der Waals surface area contributed by atoms with Gasteiger partial charge in [0, 0.05) is 26.3 Å². The number of hydrogen-bond acceptors (Lipinski definition) is 5. The maximum Gasteiger partial charge on any atom is 0.330 e.